The number of aliphatic imine (C=N–C) groups is 1. The number of nitrogens with one attached hydrogen (secondary N) is 3. The van der Waals surface area contributed by atoms with Gasteiger partial charge in [-0.1, -0.05) is 12.1 Å². The van der Waals surface area contributed by atoms with Crippen molar-refractivity contribution in [2.45, 2.75) is 81.6 Å². The molecule has 0 aliphatic carbocycles. The van der Waals surface area contributed by atoms with Crippen LogP contribution in [0, 0.1) is 0 Å². The summed E-state index contributed by atoms with van der Waals surface area (Å²) < 4.78 is 0. The van der Waals surface area contributed by atoms with E-state index in [2.05, 4.69) is 20.9 Å². The number of amides is 5. The van der Waals surface area contributed by atoms with Crippen LogP contribution in [0.3, 0.4) is 0 Å². The van der Waals surface area contributed by atoms with Gasteiger partial charge in [-0.3, -0.25) is 33.8 Å². The lowest BCUT2D eigenvalue weighted by Crippen LogP contribution is -2.58. The molecular formula is C29H43N9O10. The standard InChI is InChI=1S/C29H43N9O10/c30-17(9-10-22(31)40)27(46)38-12-2-4-21(38)26(45)36-19(14-23(41)42)25(44)35-18(3-1-11-34-29(32)33)24(43)37-20(28(47)48)13-15-5-7-16(39)8-6-15/h5-8,17-21,39H,1-4,9-14,30H2,(H2,31,40)(H,35,44)(H,36,45)(H,37,43)(H,41,42)(H,47,48)(H4,32,33,34)/t17-,18-,19-,20-,21-/m0/s1. The van der Waals surface area contributed by atoms with E-state index in [1.54, 1.807) is 0 Å². The molecule has 2 rings (SSSR count). The Hall–Kier alpha value is -5.46. The van der Waals surface area contributed by atoms with Gasteiger partial charge >= 0.3 is 11.9 Å². The van der Waals surface area contributed by atoms with E-state index in [0.717, 1.165) is 0 Å². The number of primary amides is 1. The van der Waals surface area contributed by atoms with Gasteiger partial charge in [-0.25, -0.2) is 4.79 Å². The van der Waals surface area contributed by atoms with Crippen LogP contribution in [0.25, 0.3) is 0 Å². The van der Waals surface area contributed by atoms with Crippen molar-refractivity contribution in [2.24, 2.45) is 27.9 Å². The zero-order valence-corrected chi connectivity index (χ0v) is 26.2. The van der Waals surface area contributed by atoms with Gasteiger partial charge in [0.05, 0.1) is 12.5 Å². The number of likely N-dealkylation sites (tertiary alicyclic amines) is 1. The minimum atomic E-state index is -1.70. The van der Waals surface area contributed by atoms with Crippen LogP contribution in [-0.4, -0.2) is 111 Å². The predicted octanol–water partition coefficient (Wildman–Crippen LogP) is -3.41. The van der Waals surface area contributed by atoms with Crippen LogP contribution in [0.15, 0.2) is 29.3 Å². The van der Waals surface area contributed by atoms with Gasteiger partial charge in [0, 0.05) is 25.9 Å². The number of nitrogens with two attached hydrogens (primary N) is 4. The molecule has 264 valence electrons. The van der Waals surface area contributed by atoms with Gasteiger partial charge in [-0.2, -0.15) is 0 Å². The highest BCUT2D eigenvalue weighted by molar-refractivity contribution is 5.97. The first-order valence-corrected chi connectivity index (χ1v) is 15.1. The van der Waals surface area contributed by atoms with Crippen LogP contribution in [-0.2, 0) is 40.0 Å². The number of hydrogen-bond donors (Lipinski definition) is 10. The molecule has 0 unspecified atom stereocenters. The van der Waals surface area contributed by atoms with E-state index >= 15 is 0 Å². The minimum absolute atomic E-state index is 0.0419. The summed E-state index contributed by atoms with van der Waals surface area (Å²) >= 11 is 0. The highest BCUT2D eigenvalue weighted by Crippen LogP contribution is 2.20. The third-order valence-electron chi connectivity index (χ3n) is 7.44. The molecule has 1 aromatic rings. The summed E-state index contributed by atoms with van der Waals surface area (Å²) in [6, 6.07) is -1.13. The molecular weight excluding hydrogens is 634 g/mol. The molecule has 1 aromatic carbocycles. The lowest BCUT2D eigenvalue weighted by Gasteiger charge is -2.28. The highest BCUT2D eigenvalue weighted by Gasteiger charge is 2.38. The number of rotatable bonds is 19. The summed E-state index contributed by atoms with van der Waals surface area (Å²) in [6.07, 6.45) is -0.632. The molecule has 19 heteroatoms. The van der Waals surface area contributed by atoms with Crippen LogP contribution in [0.5, 0.6) is 5.75 Å². The minimum Gasteiger partial charge on any atom is -0.508 e. The van der Waals surface area contributed by atoms with Gasteiger partial charge in [-0.15, -0.1) is 0 Å². The average Bonchev–Trinajstić information content (AvgIpc) is 3.51. The molecule has 14 N–H and O–H groups in total. The molecule has 0 saturated carbocycles. The topological polar surface area (TPSA) is 336 Å². The summed E-state index contributed by atoms with van der Waals surface area (Å²) in [6.45, 7) is 0.199. The summed E-state index contributed by atoms with van der Waals surface area (Å²) in [5.74, 6) is -7.21. The first-order valence-electron chi connectivity index (χ1n) is 15.1. The van der Waals surface area contributed by atoms with Gasteiger partial charge < -0.3 is 59.1 Å². The fourth-order valence-corrected chi connectivity index (χ4v) is 4.97. The molecule has 0 aromatic heterocycles. The second kappa shape index (κ2) is 18.6. The van der Waals surface area contributed by atoms with Gasteiger partial charge in [0.25, 0.3) is 0 Å². The van der Waals surface area contributed by atoms with Crippen molar-refractivity contribution in [3.05, 3.63) is 29.8 Å². The smallest absolute Gasteiger partial charge is 0.326 e. The molecule has 0 bridgehead atoms. The number of carbonyl (C=O) groups excluding carboxylic acids is 5. The number of carboxylic acid groups (broad SMARTS) is 2. The monoisotopic (exact) mass is 677 g/mol. The van der Waals surface area contributed by atoms with Crippen molar-refractivity contribution in [2.75, 3.05) is 13.1 Å². The zero-order valence-electron chi connectivity index (χ0n) is 26.2. The second-order valence-electron chi connectivity index (χ2n) is 11.2. The Morgan fingerprint density at radius 2 is 1.52 bits per heavy atom. The van der Waals surface area contributed by atoms with Gasteiger partial charge in [0.1, 0.15) is 29.9 Å². The maximum absolute atomic E-state index is 13.4. The van der Waals surface area contributed by atoms with Gasteiger partial charge in [0.2, 0.25) is 29.5 Å². The molecule has 5 amide bonds. The van der Waals surface area contributed by atoms with E-state index in [-0.39, 0.29) is 63.3 Å². The molecule has 0 radical (unpaired) electrons. The molecule has 1 saturated heterocycles. The number of hydrogen-bond acceptors (Lipinski definition) is 10. The molecule has 1 fully saturated rings. The average molecular weight is 678 g/mol. The molecule has 48 heavy (non-hydrogen) atoms. The third kappa shape index (κ3) is 12.7. The normalized spacial score (nSPS) is 16.4. The number of carboxylic acids is 2. The Morgan fingerprint density at radius 1 is 0.896 bits per heavy atom. The molecule has 1 heterocycles. The van der Waals surface area contributed by atoms with Crippen LogP contribution in [0.1, 0.15) is 50.5 Å². The van der Waals surface area contributed by atoms with Gasteiger partial charge in [0.15, 0.2) is 5.96 Å². The van der Waals surface area contributed by atoms with E-state index in [1.165, 1.54) is 29.2 Å². The van der Waals surface area contributed by atoms with Crippen molar-refractivity contribution >= 4 is 47.4 Å². The number of nitrogens with zero attached hydrogens (tertiary/aromatic N) is 2. The molecule has 19 nitrogen and oxygen atoms in total. The molecule has 5 atom stereocenters. The largest absolute Gasteiger partial charge is 0.508 e. The Balaban J connectivity index is 2.22. The first kappa shape index (κ1) is 38.7. The van der Waals surface area contributed by atoms with E-state index in [9.17, 15) is 48.9 Å². The third-order valence-corrected chi connectivity index (χ3v) is 7.44. The SMILES string of the molecule is NC(=O)CC[C@H](N)C(=O)N1CCC[C@H]1C(=O)N[C@@H](CC(=O)O)C(=O)N[C@@H](CCCN=C(N)N)C(=O)N[C@@H](Cc1ccc(O)cc1)C(=O)O. The number of aliphatic carboxylic acids is 2. The molecule has 0 spiro atoms. The Morgan fingerprint density at radius 3 is 2.10 bits per heavy atom. The maximum Gasteiger partial charge on any atom is 0.326 e. The first-order chi connectivity index (χ1) is 22.6. The number of guanidine groups is 1. The number of phenolic OH excluding ortho intramolecular Hbond substituents is 1. The van der Waals surface area contributed by atoms with Crippen molar-refractivity contribution in [1.82, 2.24) is 20.9 Å². The molecule has 1 aliphatic rings. The summed E-state index contributed by atoms with van der Waals surface area (Å²) in [4.78, 5) is 92.6. The van der Waals surface area contributed by atoms with Crippen LogP contribution >= 0.6 is 0 Å². The van der Waals surface area contributed by atoms with E-state index < -0.39 is 78.1 Å². The number of phenols is 1. The molecule has 1 aliphatic heterocycles. The maximum atomic E-state index is 13.4. The van der Waals surface area contributed by atoms with Crippen LogP contribution in [0.2, 0.25) is 0 Å². The van der Waals surface area contributed by atoms with Gasteiger partial charge in [-0.05, 0) is 49.8 Å². The van der Waals surface area contributed by atoms with Crippen LogP contribution in [0.4, 0.5) is 0 Å². The fourth-order valence-electron chi connectivity index (χ4n) is 4.97. The Labute approximate surface area is 275 Å². The Kier molecular flexibility index (Phi) is 15.0. The number of aromatic hydroxyl groups is 1. The van der Waals surface area contributed by atoms with Crippen molar-refractivity contribution in [1.29, 1.82) is 0 Å². The zero-order chi connectivity index (χ0) is 36.0. The highest BCUT2D eigenvalue weighted by atomic mass is 16.4. The summed E-state index contributed by atoms with van der Waals surface area (Å²) in [7, 11) is 0. The van der Waals surface area contributed by atoms with E-state index in [0.29, 0.717) is 12.0 Å². The fraction of sp³-hybridized carbons (Fsp3) is 0.517. The van der Waals surface area contributed by atoms with Crippen molar-refractivity contribution in [3.8, 4) is 5.75 Å². The second-order valence-corrected chi connectivity index (χ2v) is 11.2. The van der Waals surface area contributed by atoms with Crippen molar-refractivity contribution in [3.63, 3.8) is 0 Å². The number of benzene rings is 1. The Bertz CT molecular complexity index is 1370. The quantitative estimate of drug-likeness (QED) is 0.0388. The summed E-state index contributed by atoms with van der Waals surface area (Å²) in [5.41, 5.74) is 22.2. The van der Waals surface area contributed by atoms with Crippen molar-refractivity contribution < 1.29 is 48.9 Å². The predicted molar refractivity (Wildman–Crippen MR) is 169 cm³/mol. The van der Waals surface area contributed by atoms with Crippen LogP contribution < -0.4 is 38.9 Å². The van der Waals surface area contributed by atoms with E-state index in [1.807, 2.05) is 0 Å². The lowest BCUT2D eigenvalue weighted by atomic mass is 10.0. The van der Waals surface area contributed by atoms with E-state index in [4.69, 9.17) is 22.9 Å². The number of carbonyl (C=O) groups is 7. The summed E-state index contributed by atoms with van der Waals surface area (Å²) in [5, 5.41) is 35.8. The lowest BCUT2D eigenvalue weighted by molar-refractivity contribution is -0.144.